The molecule has 4 heteroatoms. The van der Waals surface area contributed by atoms with E-state index in [1.165, 1.54) is 0 Å². The molecule has 1 aromatic carbocycles. The van der Waals surface area contributed by atoms with Crippen LogP contribution in [0.25, 0.3) is 0 Å². The second-order valence-electron chi connectivity index (χ2n) is 4.35. The quantitative estimate of drug-likeness (QED) is 0.835. The predicted octanol–water partition coefficient (Wildman–Crippen LogP) is 2.32. The number of carbonyl (C=O) groups excluding carboxylic acids is 1. The number of nitrogens with zero attached hydrogens (tertiary/aromatic N) is 1. The van der Waals surface area contributed by atoms with Crippen molar-refractivity contribution in [1.82, 2.24) is 0 Å². The molecule has 4 nitrogen and oxygen atoms in total. The van der Waals surface area contributed by atoms with Crippen LogP contribution < -0.4 is 11.1 Å². The molecule has 1 atom stereocenters. The molecule has 0 saturated heterocycles. The third-order valence-electron chi connectivity index (χ3n) is 2.85. The van der Waals surface area contributed by atoms with E-state index in [0.29, 0.717) is 17.7 Å². The van der Waals surface area contributed by atoms with Crippen LogP contribution in [0.1, 0.15) is 37.3 Å². The van der Waals surface area contributed by atoms with Crippen LogP contribution in [0.5, 0.6) is 0 Å². The van der Waals surface area contributed by atoms with Gasteiger partial charge in [0.15, 0.2) is 0 Å². The van der Waals surface area contributed by atoms with Crippen LogP contribution in [0.3, 0.4) is 0 Å². The maximum Gasteiger partial charge on any atom is 0.241 e. The van der Waals surface area contributed by atoms with E-state index in [9.17, 15) is 4.79 Å². The van der Waals surface area contributed by atoms with E-state index >= 15 is 0 Å². The van der Waals surface area contributed by atoms with Crippen molar-refractivity contribution in [3.8, 4) is 6.07 Å². The number of amides is 1. The fourth-order valence-corrected chi connectivity index (χ4v) is 1.70. The number of unbranched alkanes of at least 4 members (excludes halogenated alkanes) is 1. The first-order valence-electron chi connectivity index (χ1n) is 6.16. The number of hydrogen-bond acceptors (Lipinski definition) is 3. The van der Waals surface area contributed by atoms with Crippen molar-refractivity contribution >= 4 is 11.6 Å². The first kappa shape index (κ1) is 14.2. The first-order valence-corrected chi connectivity index (χ1v) is 6.16. The van der Waals surface area contributed by atoms with Gasteiger partial charge < -0.3 is 11.1 Å². The Morgan fingerprint density at radius 1 is 1.56 bits per heavy atom. The van der Waals surface area contributed by atoms with Crippen LogP contribution in [0.2, 0.25) is 0 Å². The molecular formula is C14H19N3O. The van der Waals surface area contributed by atoms with Gasteiger partial charge in [-0.3, -0.25) is 4.79 Å². The van der Waals surface area contributed by atoms with Gasteiger partial charge in [-0.15, -0.1) is 0 Å². The number of benzene rings is 1. The zero-order valence-corrected chi connectivity index (χ0v) is 10.9. The summed E-state index contributed by atoms with van der Waals surface area (Å²) in [7, 11) is 0. The van der Waals surface area contributed by atoms with E-state index in [2.05, 4.69) is 18.3 Å². The summed E-state index contributed by atoms with van der Waals surface area (Å²) in [5.41, 5.74) is 7.66. The van der Waals surface area contributed by atoms with E-state index in [1.54, 1.807) is 6.07 Å². The number of hydrogen-bond donors (Lipinski definition) is 2. The molecule has 1 aromatic rings. The van der Waals surface area contributed by atoms with Crippen molar-refractivity contribution in [3.63, 3.8) is 0 Å². The molecule has 0 fully saturated rings. The summed E-state index contributed by atoms with van der Waals surface area (Å²) in [5, 5.41) is 11.8. The molecule has 96 valence electrons. The van der Waals surface area contributed by atoms with Crippen LogP contribution >= 0.6 is 0 Å². The largest absolute Gasteiger partial charge is 0.324 e. The van der Waals surface area contributed by atoms with Crippen LogP contribution in [-0.2, 0) is 4.79 Å². The SMILES string of the molecule is CCCC[C@H](N)C(=O)Nc1cccc(C)c1C#N. The van der Waals surface area contributed by atoms with Crippen LogP contribution in [-0.4, -0.2) is 11.9 Å². The van der Waals surface area contributed by atoms with E-state index < -0.39 is 6.04 Å². The molecule has 18 heavy (non-hydrogen) atoms. The monoisotopic (exact) mass is 245 g/mol. The molecule has 0 aromatic heterocycles. The van der Waals surface area contributed by atoms with Crippen molar-refractivity contribution in [2.45, 2.75) is 39.2 Å². The summed E-state index contributed by atoms with van der Waals surface area (Å²) in [4.78, 5) is 11.9. The lowest BCUT2D eigenvalue weighted by Crippen LogP contribution is -2.35. The van der Waals surface area contributed by atoms with E-state index in [-0.39, 0.29) is 5.91 Å². The van der Waals surface area contributed by atoms with Gasteiger partial charge >= 0.3 is 0 Å². The lowest BCUT2D eigenvalue weighted by Gasteiger charge is -2.13. The minimum atomic E-state index is -0.517. The minimum absolute atomic E-state index is 0.231. The van der Waals surface area contributed by atoms with Crippen LogP contribution in [0.15, 0.2) is 18.2 Å². The molecule has 0 heterocycles. The van der Waals surface area contributed by atoms with Gasteiger partial charge in [0, 0.05) is 0 Å². The van der Waals surface area contributed by atoms with Gasteiger partial charge in [0.05, 0.1) is 17.3 Å². The Bertz CT molecular complexity index is 463. The van der Waals surface area contributed by atoms with Gasteiger partial charge in [0.1, 0.15) is 6.07 Å². The smallest absolute Gasteiger partial charge is 0.241 e. The van der Waals surface area contributed by atoms with E-state index in [4.69, 9.17) is 11.0 Å². The van der Waals surface area contributed by atoms with E-state index in [1.807, 2.05) is 19.1 Å². The number of aryl methyl sites for hydroxylation is 1. The molecule has 0 spiro atoms. The summed E-state index contributed by atoms with van der Waals surface area (Å²) in [5.74, 6) is -0.231. The number of anilines is 1. The van der Waals surface area contributed by atoms with Gasteiger partial charge in [-0.1, -0.05) is 31.9 Å². The van der Waals surface area contributed by atoms with Crippen molar-refractivity contribution in [2.24, 2.45) is 5.73 Å². The maximum atomic E-state index is 11.9. The Morgan fingerprint density at radius 2 is 2.28 bits per heavy atom. The topological polar surface area (TPSA) is 78.9 Å². The Kier molecular flexibility index (Phi) is 5.34. The summed E-state index contributed by atoms with van der Waals surface area (Å²) < 4.78 is 0. The fourth-order valence-electron chi connectivity index (χ4n) is 1.70. The summed E-state index contributed by atoms with van der Waals surface area (Å²) in [6.45, 7) is 3.89. The van der Waals surface area contributed by atoms with Gasteiger partial charge in [-0.25, -0.2) is 0 Å². The van der Waals surface area contributed by atoms with Crippen molar-refractivity contribution in [2.75, 3.05) is 5.32 Å². The minimum Gasteiger partial charge on any atom is -0.324 e. The highest BCUT2D eigenvalue weighted by Gasteiger charge is 2.15. The lowest BCUT2D eigenvalue weighted by molar-refractivity contribution is -0.117. The molecule has 1 amide bonds. The number of nitrogens with two attached hydrogens (primary N) is 1. The van der Waals surface area contributed by atoms with Gasteiger partial charge in [-0.2, -0.15) is 5.26 Å². The normalized spacial score (nSPS) is 11.7. The average molecular weight is 245 g/mol. The zero-order chi connectivity index (χ0) is 13.5. The highest BCUT2D eigenvalue weighted by molar-refractivity contribution is 5.95. The van der Waals surface area contributed by atoms with Gasteiger partial charge in [0.25, 0.3) is 0 Å². The molecule has 0 aliphatic rings. The molecule has 0 unspecified atom stereocenters. The predicted molar refractivity (Wildman–Crippen MR) is 72.0 cm³/mol. The number of rotatable bonds is 5. The molecule has 0 radical (unpaired) electrons. The van der Waals surface area contributed by atoms with Gasteiger partial charge in [-0.05, 0) is 25.0 Å². The second-order valence-corrected chi connectivity index (χ2v) is 4.35. The summed E-state index contributed by atoms with van der Waals surface area (Å²) in [6, 6.07) is 6.94. The molecule has 3 N–H and O–H groups in total. The first-order chi connectivity index (χ1) is 8.60. The second kappa shape index (κ2) is 6.77. The number of carbonyl (C=O) groups is 1. The molecule has 0 saturated carbocycles. The third-order valence-corrected chi connectivity index (χ3v) is 2.85. The van der Waals surface area contributed by atoms with Crippen LogP contribution in [0, 0.1) is 18.3 Å². The molecule has 0 aliphatic carbocycles. The summed E-state index contributed by atoms with van der Waals surface area (Å²) >= 11 is 0. The Morgan fingerprint density at radius 3 is 2.89 bits per heavy atom. The molecule has 0 bridgehead atoms. The fraction of sp³-hybridized carbons (Fsp3) is 0.429. The van der Waals surface area contributed by atoms with Gasteiger partial charge in [0.2, 0.25) is 5.91 Å². The number of nitrogens with one attached hydrogen (secondary N) is 1. The lowest BCUT2D eigenvalue weighted by atomic mass is 10.1. The highest BCUT2D eigenvalue weighted by Crippen LogP contribution is 2.18. The van der Waals surface area contributed by atoms with Crippen molar-refractivity contribution in [3.05, 3.63) is 29.3 Å². The average Bonchev–Trinajstić information content (AvgIpc) is 2.36. The van der Waals surface area contributed by atoms with Crippen molar-refractivity contribution in [1.29, 1.82) is 5.26 Å². The van der Waals surface area contributed by atoms with Crippen molar-refractivity contribution < 1.29 is 4.79 Å². The van der Waals surface area contributed by atoms with E-state index in [0.717, 1.165) is 18.4 Å². The number of nitriles is 1. The molecule has 0 aliphatic heterocycles. The summed E-state index contributed by atoms with van der Waals surface area (Å²) in [6.07, 6.45) is 2.60. The zero-order valence-electron chi connectivity index (χ0n) is 10.9. The maximum absolute atomic E-state index is 11.9. The molecule has 1 rings (SSSR count). The standard InChI is InChI=1S/C14H19N3O/c1-3-4-7-12(16)14(18)17-13-8-5-6-10(2)11(13)9-15/h5-6,8,12H,3-4,7,16H2,1-2H3,(H,17,18)/t12-/m0/s1. The highest BCUT2D eigenvalue weighted by atomic mass is 16.2. The Balaban J connectivity index is 2.76. The molecular weight excluding hydrogens is 226 g/mol. The third kappa shape index (κ3) is 3.57. The van der Waals surface area contributed by atoms with Crippen LogP contribution in [0.4, 0.5) is 5.69 Å². The Hall–Kier alpha value is -1.86. The Labute approximate surface area is 108 Å².